The maximum absolute atomic E-state index is 12.2. The summed E-state index contributed by atoms with van der Waals surface area (Å²) in [5, 5.41) is 4.25. The van der Waals surface area contributed by atoms with E-state index in [9.17, 15) is 4.79 Å². The molecule has 2 aromatic heterocycles. The van der Waals surface area contributed by atoms with Gasteiger partial charge in [0, 0.05) is 42.8 Å². The summed E-state index contributed by atoms with van der Waals surface area (Å²) in [6.07, 6.45) is 5.40. The summed E-state index contributed by atoms with van der Waals surface area (Å²) in [5.41, 5.74) is 3.71. The number of benzene rings is 1. The SMILES string of the molecule is CC(C)(C)OC(=O)N1CC2C1CN2c1ccc(-c2cnc3ccnn3c2)cc1. The molecule has 0 N–H and O–H groups in total. The summed E-state index contributed by atoms with van der Waals surface area (Å²) in [7, 11) is 0. The molecule has 2 fully saturated rings. The number of aromatic nitrogens is 3. The van der Waals surface area contributed by atoms with Crippen molar-refractivity contribution < 1.29 is 9.53 Å². The van der Waals surface area contributed by atoms with E-state index in [0.29, 0.717) is 6.04 Å². The first-order valence-corrected chi connectivity index (χ1v) is 9.55. The molecular formula is C21H23N5O2. The maximum Gasteiger partial charge on any atom is 0.410 e. The molecule has 0 bridgehead atoms. The Bertz CT molecular complexity index is 1040. The van der Waals surface area contributed by atoms with Crippen molar-refractivity contribution in [2.45, 2.75) is 38.5 Å². The summed E-state index contributed by atoms with van der Waals surface area (Å²) < 4.78 is 7.26. The molecule has 2 aliphatic heterocycles. The van der Waals surface area contributed by atoms with Crippen molar-refractivity contribution in [3.05, 3.63) is 48.9 Å². The van der Waals surface area contributed by atoms with Gasteiger partial charge in [-0.2, -0.15) is 5.10 Å². The first kappa shape index (κ1) is 17.0. The molecule has 5 rings (SSSR count). The Kier molecular flexibility index (Phi) is 3.62. The van der Waals surface area contributed by atoms with E-state index < -0.39 is 5.60 Å². The number of hydrogen-bond acceptors (Lipinski definition) is 5. The van der Waals surface area contributed by atoms with Crippen LogP contribution >= 0.6 is 0 Å². The fourth-order valence-corrected chi connectivity index (χ4v) is 3.89. The molecule has 7 nitrogen and oxygen atoms in total. The van der Waals surface area contributed by atoms with Gasteiger partial charge in [-0.3, -0.25) is 4.90 Å². The number of ether oxygens (including phenoxy) is 1. The smallest absolute Gasteiger partial charge is 0.410 e. The molecule has 1 aromatic carbocycles. The zero-order valence-electron chi connectivity index (χ0n) is 16.2. The van der Waals surface area contributed by atoms with Gasteiger partial charge in [-0.15, -0.1) is 0 Å². The van der Waals surface area contributed by atoms with Crippen LogP contribution in [0.15, 0.2) is 48.9 Å². The number of hydrogen-bond donors (Lipinski definition) is 0. The Morgan fingerprint density at radius 2 is 1.86 bits per heavy atom. The van der Waals surface area contributed by atoms with Crippen LogP contribution < -0.4 is 4.90 Å². The maximum atomic E-state index is 12.2. The molecule has 2 saturated heterocycles. The first-order chi connectivity index (χ1) is 13.4. The standard InChI is InChI=1S/C21H23N5O2/c1-21(2,3)28-20(27)25-13-17-18(25)12-24(17)16-6-4-14(5-7-16)15-10-22-19-8-9-23-26(19)11-15/h4-11,17-18H,12-13H2,1-3H3. The number of piperazine rings is 1. The van der Waals surface area contributed by atoms with E-state index in [1.54, 1.807) is 10.7 Å². The summed E-state index contributed by atoms with van der Waals surface area (Å²) in [5.74, 6) is 0. The third kappa shape index (κ3) is 2.78. The number of likely N-dealkylation sites (tertiary alicyclic amines) is 1. The van der Waals surface area contributed by atoms with Crippen LogP contribution in [0.2, 0.25) is 0 Å². The molecule has 7 heteroatoms. The summed E-state index contributed by atoms with van der Waals surface area (Å²) >= 11 is 0. The van der Waals surface area contributed by atoms with E-state index in [1.807, 2.05) is 44.1 Å². The number of nitrogens with zero attached hydrogens (tertiary/aromatic N) is 5. The van der Waals surface area contributed by atoms with E-state index in [-0.39, 0.29) is 12.1 Å². The van der Waals surface area contributed by atoms with Crippen LogP contribution in [0.5, 0.6) is 0 Å². The third-order valence-corrected chi connectivity index (χ3v) is 5.42. The van der Waals surface area contributed by atoms with Crippen LogP contribution in [-0.2, 0) is 4.74 Å². The van der Waals surface area contributed by atoms with Crippen LogP contribution in [0.4, 0.5) is 10.5 Å². The Morgan fingerprint density at radius 1 is 1.07 bits per heavy atom. The number of amides is 1. The first-order valence-electron chi connectivity index (χ1n) is 9.55. The molecule has 144 valence electrons. The van der Waals surface area contributed by atoms with Crippen LogP contribution in [0.3, 0.4) is 0 Å². The molecule has 4 heterocycles. The Labute approximate surface area is 163 Å². The summed E-state index contributed by atoms with van der Waals surface area (Å²) in [4.78, 5) is 20.8. The van der Waals surface area contributed by atoms with Gasteiger partial charge in [-0.25, -0.2) is 14.3 Å². The van der Waals surface area contributed by atoms with Gasteiger partial charge >= 0.3 is 6.09 Å². The molecule has 3 aromatic rings. The zero-order chi connectivity index (χ0) is 19.5. The van der Waals surface area contributed by atoms with Gasteiger partial charge in [0.25, 0.3) is 0 Å². The predicted molar refractivity (Wildman–Crippen MR) is 106 cm³/mol. The lowest BCUT2D eigenvalue weighted by Gasteiger charge is -2.62. The summed E-state index contributed by atoms with van der Waals surface area (Å²) in [6.45, 7) is 7.27. The molecule has 2 unspecified atom stereocenters. The molecular weight excluding hydrogens is 354 g/mol. The van der Waals surface area contributed by atoms with Gasteiger partial charge in [0.05, 0.1) is 18.3 Å². The monoisotopic (exact) mass is 377 g/mol. The highest BCUT2D eigenvalue weighted by atomic mass is 16.6. The highest BCUT2D eigenvalue weighted by molar-refractivity contribution is 5.73. The molecule has 28 heavy (non-hydrogen) atoms. The molecule has 0 aliphatic carbocycles. The Hall–Kier alpha value is -3.09. The van der Waals surface area contributed by atoms with Crippen molar-refractivity contribution in [2.75, 3.05) is 18.0 Å². The van der Waals surface area contributed by atoms with Crippen molar-refractivity contribution in [3.8, 4) is 11.1 Å². The molecule has 0 saturated carbocycles. The fraction of sp³-hybridized carbons (Fsp3) is 0.381. The number of carbonyl (C=O) groups excluding carboxylic acids is 1. The van der Waals surface area contributed by atoms with Gasteiger partial charge in [0.15, 0.2) is 5.65 Å². The van der Waals surface area contributed by atoms with Gasteiger partial charge in [0.1, 0.15) is 5.60 Å². The van der Waals surface area contributed by atoms with Crippen LogP contribution in [-0.4, -0.2) is 56.4 Å². The molecule has 2 atom stereocenters. The van der Waals surface area contributed by atoms with E-state index in [1.165, 1.54) is 5.69 Å². The second-order valence-electron chi connectivity index (χ2n) is 8.44. The van der Waals surface area contributed by atoms with Gasteiger partial charge in [-0.1, -0.05) is 12.1 Å². The number of fused-ring (bicyclic) bond motifs is 2. The quantitative estimate of drug-likeness (QED) is 0.686. The lowest BCUT2D eigenvalue weighted by atomic mass is 9.85. The van der Waals surface area contributed by atoms with Gasteiger partial charge in [-0.05, 0) is 38.5 Å². The molecule has 0 radical (unpaired) electrons. The second kappa shape index (κ2) is 5.95. The topological polar surface area (TPSA) is 63.0 Å². The second-order valence-corrected chi connectivity index (χ2v) is 8.44. The Morgan fingerprint density at radius 3 is 2.54 bits per heavy atom. The minimum atomic E-state index is -0.449. The Balaban J connectivity index is 1.25. The van der Waals surface area contributed by atoms with Gasteiger partial charge in [0.2, 0.25) is 0 Å². The molecule has 2 aliphatic rings. The lowest BCUT2D eigenvalue weighted by Crippen LogP contribution is -2.80. The molecule has 0 spiro atoms. The highest BCUT2D eigenvalue weighted by Crippen LogP contribution is 2.38. The highest BCUT2D eigenvalue weighted by Gasteiger charge is 2.54. The van der Waals surface area contributed by atoms with Crippen LogP contribution in [0.25, 0.3) is 16.8 Å². The van der Waals surface area contributed by atoms with Crippen molar-refractivity contribution in [3.63, 3.8) is 0 Å². The lowest BCUT2D eigenvalue weighted by molar-refractivity contribution is -0.0309. The van der Waals surface area contributed by atoms with Crippen molar-refractivity contribution >= 4 is 17.4 Å². The number of rotatable bonds is 2. The van der Waals surface area contributed by atoms with E-state index in [2.05, 4.69) is 39.2 Å². The minimum absolute atomic E-state index is 0.203. The average Bonchev–Trinajstić information content (AvgIpc) is 3.10. The normalized spacial score (nSPS) is 21.1. The fourth-order valence-electron chi connectivity index (χ4n) is 3.89. The van der Waals surface area contributed by atoms with Crippen molar-refractivity contribution in [2.24, 2.45) is 0 Å². The summed E-state index contributed by atoms with van der Waals surface area (Å²) in [6, 6.07) is 11.0. The van der Waals surface area contributed by atoms with Crippen molar-refractivity contribution in [1.82, 2.24) is 19.5 Å². The van der Waals surface area contributed by atoms with Crippen LogP contribution in [0.1, 0.15) is 20.8 Å². The van der Waals surface area contributed by atoms with E-state index in [0.717, 1.165) is 29.9 Å². The van der Waals surface area contributed by atoms with E-state index >= 15 is 0 Å². The molecule has 1 amide bonds. The van der Waals surface area contributed by atoms with Crippen molar-refractivity contribution in [1.29, 1.82) is 0 Å². The predicted octanol–water partition coefficient (Wildman–Crippen LogP) is 3.20. The largest absolute Gasteiger partial charge is 0.444 e. The minimum Gasteiger partial charge on any atom is -0.444 e. The number of anilines is 1. The number of carbonyl (C=O) groups is 1. The van der Waals surface area contributed by atoms with Gasteiger partial charge < -0.3 is 9.64 Å². The van der Waals surface area contributed by atoms with Crippen LogP contribution in [0, 0.1) is 0 Å². The third-order valence-electron chi connectivity index (χ3n) is 5.42. The average molecular weight is 377 g/mol. The van der Waals surface area contributed by atoms with E-state index in [4.69, 9.17) is 4.74 Å². The zero-order valence-corrected chi connectivity index (χ0v) is 16.2.